The van der Waals surface area contributed by atoms with Crippen molar-refractivity contribution in [3.8, 4) is 11.5 Å². The first-order valence-electron chi connectivity index (χ1n) is 5.68. The fourth-order valence-electron chi connectivity index (χ4n) is 1.89. The summed E-state index contributed by atoms with van der Waals surface area (Å²) in [7, 11) is 3.26. The van der Waals surface area contributed by atoms with Crippen molar-refractivity contribution in [1.82, 2.24) is 0 Å². The van der Waals surface area contributed by atoms with Gasteiger partial charge in [-0.1, -0.05) is 15.9 Å². The van der Waals surface area contributed by atoms with E-state index in [2.05, 4.69) is 31.9 Å². The van der Waals surface area contributed by atoms with Crippen LogP contribution in [0.5, 0.6) is 11.5 Å². The Bertz CT molecular complexity index is 578. The highest BCUT2D eigenvalue weighted by atomic mass is 79.9. The third kappa shape index (κ3) is 2.98. The predicted molar refractivity (Wildman–Crippen MR) is 81.5 cm³/mol. The van der Waals surface area contributed by atoms with Crippen LogP contribution in [0.4, 0.5) is 0 Å². The Morgan fingerprint density at radius 2 is 1.74 bits per heavy atom. The largest absolute Gasteiger partial charge is 0.493 e. The molecule has 0 aliphatic rings. The number of aryl methyl sites for hydroxylation is 1. The maximum atomic E-state index is 5.58. The second-order valence-electron chi connectivity index (χ2n) is 4.07. The van der Waals surface area contributed by atoms with Crippen molar-refractivity contribution in [3.63, 3.8) is 0 Å². The van der Waals surface area contributed by atoms with E-state index in [4.69, 9.17) is 13.9 Å². The summed E-state index contributed by atoms with van der Waals surface area (Å²) in [6.07, 6.45) is 0. The van der Waals surface area contributed by atoms with Crippen molar-refractivity contribution >= 4 is 31.9 Å². The lowest BCUT2D eigenvalue weighted by Gasteiger charge is -2.15. The van der Waals surface area contributed by atoms with Gasteiger partial charge in [0.2, 0.25) is 0 Å². The van der Waals surface area contributed by atoms with E-state index in [-0.39, 0.29) is 4.83 Å². The molecule has 0 radical (unpaired) electrons. The molecule has 1 aromatic heterocycles. The van der Waals surface area contributed by atoms with Gasteiger partial charge in [0.05, 0.1) is 19.0 Å². The number of benzene rings is 1. The number of hydrogen-bond acceptors (Lipinski definition) is 3. The predicted octanol–water partition coefficient (Wildman–Crippen LogP) is 4.85. The number of halogens is 2. The average molecular weight is 390 g/mol. The minimum absolute atomic E-state index is 0.0291. The molecule has 0 saturated heterocycles. The summed E-state index contributed by atoms with van der Waals surface area (Å²) in [6, 6.07) is 7.73. The van der Waals surface area contributed by atoms with Crippen molar-refractivity contribution in [3.05, 3.63) is 45.8 Å². The van der Waals surface area contributed by atoms with Crippen LogP contribution in [0, 0.1) is 6.92 Å². The second kappa shape index (κ2) is 6.01. The van der Waals surface area contributed by atoms with Crippen LogP contribution in [0.3, 0.4) is 0 Å². The molecular formula is C14H14Br2O3. The maximum absolute atomic E-state index is 5.58. The number of methoxy groups -OCH3 is 2. The lowest BCUT2D eigenvalue weighted by molar-refractivity contribution is 0.354. The van der Waals surface area contributed by atoms with Gasteiger partial charge in [0.1, 0.15) is 5.76 Å². The fourth-order valence-corrected chi connectivity index (χ4v) is 2.95. The Morgan fingerprint density at radius 3 is 2.26 bits per heavy atom. The molecule has 0 bridgehead atoms. The highest BCUT2D eigenvalue weighted by molar-refractivity contribution is 9.10. The van der Waals surface area contributed by atoms with E-state index in [1.54, 1.807) is 14.2 Å². The standard InChI is InChI=1S/C14H14Br2O3/c1-8-6-11(17-2)12(18-3)7-9(8)14(16)10-4-5-13(15)19-10/h4-7,14H,1-3H3. The minimum atomic E-state index is -0.0291. The summed E-state index contributed by atoms with van der Waals surface area (Å²) in [5.41, 5.74) is 2.19. The van der Waals surface area contributed by atoms with E-state index < -0.39 is 0 Å². The van der Waals surface area contributed by atoms with Crippen LogP contribution >= 0.6 is 31.9 Å². The van der Waals surface area contributed by atoms with Gasteiger partial charge in [-0.3, -0.25) is 0 Å². The molecule has 0 saturated carbocycles. The molecule has 0 aliphatic heterocycles. The highest BCUT2D eigenvalue weighted by Crippen LogP contribution is 2.39. The summed E-state index contributed by atoms with van der Waals surface area (Å²) in [5, 5.41) is 0. The molecule has 3 nitrogen and oxygen atoms in total. The number of furan rings is 1. The Labute approximate surface area is 129 Å². The van der Waals surface area contributed by atoms with Gasteiger partial charge in [-0.25, -0.2) is 0 Å². The van der Waals surface area contributed by atoms with E-state index in [0.29, 0.717) is 10.4 Å². The molecule has 1 unspecified atom stereocenters. The minimum Gasteiger partial charge on any atom is -0.493 e. The summed E-state index contributed by atoms with van der Waals surface area (Å²) >= 11 is 6.97. The molecule has 1 aromatic carbocycles. The zero-order valence-corrected chi connectivity index (χ0v) is 14.0. The molecule has 1 atom stereocenters. The number of alkyl halides is 1. The third-order valence-corrected chi connectivity index (χ3v) is 4.26. The molecule has 0 N–H and O–H groups in total. The molecular weight excluding hydrogens is 376 g/mol. The molecule has 102 valence electrons. The molecule has 0 spiro atoms. The van der Waals surface area contributed by atoms with Gasteiger partial charge in [-0.15, -0.1) is 0 Å². The van der Waals surface area contributed by atoms with E-state index >= 15 is 0 Å². The molecule has 0 amide bonds. The van der Waals surface area contributed by atoms with Crippen molar-refractivity contribution in [2.24, 2.45) is 0 Å². The number of rotatable bonds is 4. The highest BCUT2D eigenvalue weighted by Gasteiger charge is 2.19. The van der Waals surface area contributed by atoms with Crippen molar-refractivity contribution in [1.29, 1.82) is 0 Å². The van der Waals surface area contributed by atoms with Gasteiger partial charge in [0.25, 0.3) is 0 Å². The summed E-state index contributed by atoms with van der Waals surface area (Å²) in [5.74, 6) is 2.27. The fraction of sp³-hybridized carbons (Fsp3) is 0.286. The first-order valence-corrected chi connectivity index (χ1v) is 7.39. The summed E-state index contributed by atoms with van der Waals surface area (Å²) in [4.78, 5) is -0.0291. The van der Waals surface area contributed by atoms with Crippen LogP contribution in [0.25, 0.3) is 0 Å². The van der Waals surface area contributed by atoms with Gasteiger partial charge in [-0.2, -0.15) is 0 Å². The van der Waals surface area contributed by atoms with E-state index in [9.17, 15) is 0 Å². The monoisotopic (exact) mass is 388 g/mol. The molecule has 0 fully saturated rings. The van der Waals surface area contributed by atoms with Crippen molar-refractivity contribution < 1.29 is 13.9 Å². The van der Waals surface area contributed by atoms with Gasteiger partial charge in [-0.05, 0) is 58.2 Å². The molecule has 19 heavy (non-hydrogen) atoms. The van der Waals surface area contributed by atoms with E-state index in [0.717, 1.165) is 22.6 Å². The topological polar surface area (TPSA) is 31.6 Å². The van der Waals surface area contributed by atoms with Crippen LogP contribution in [0.2, 0.25) is 0 Å². The number of hydrogen-bond donors (Lipinski definition) is 0. The smallest absolute Gasteiger partial charge is 0.169 e. The van der Waals surface area contributed by atoms with E-state index in [1.807, 2.05) is 31.2 Å². The Balaban J connectivity index is 2.44. The Morgan fingerprint density at radius 1 is 1.11 bits per heavy atom. The quantitative estimate of drug-likeness (QED) is 0.700. The normalized spacial score (nSPS) is 12.3. The molecule has 1 heterocycles. The van der Waals surface area contributed by atoms with Gasteiger partial charge in [0.15, 0.2) is 16.2 Å². The summed E-state index contributed by atoms with van der Waals surface area (Å²) in [6.45, 7) is 2.03. The van der Waals surface area contributed by atoms with Crippen LogP contribution in [0.1, 0.15) is 21.7 Å². The first kappa shape index (κ1) is 14.5. The second-order valence-corrected chi connectivity index (χ2v) is 5.77. The zero-order chi connectivity index (χ0) is 14.0. The van der Waals surface area contributed by atoms with Crippen molar-refractivity contribution in [2.45, 2.75) is 11.8 Å². The van der Waals surface area contributed by atoms with Crippen LogP contribution in [-0.2, 0) is 0 Å². The molecule has 5 heteroatoms. The van der Waals surface area contributed by atoms with Gasteiger partial charge >= 0.3 is 0 Å². The zero-order valence-electron chi connectivity index (χ0n) is 10.9. The SMILES string of the molecule is COc1cc(C)c(C(Br)c2ccc(Br)o2)cc1OC. The van der Waals surface area contributed by atoms with E-state index in [1.165, 1.54) is 0 Å². The van der Waals surface area contributed by atoms with Crippen LogP contribution < -0.4 is 9.47 Å². The number of ether oxygens (including phenoxy) is 2. The lowest BCUT2D eigenvalue weighted by atomic mass is 10.0. The van der Waals surface area contributed by atoms with Crippen molar-refractivity contribution in [2.75, 3.05) is 14.2 Å². The van der Waals surface area contributed by atoms with Crippen LogP contribution in [-0.4, -0.2) is 14.2 Å². The third-order valence-electron chi connectivity index (χ3n) is 2.89. The first-order chi connectivity index (χ1) is 9.06. The Kier molecular flexibility index (Phi) is 4.58. The Hall–Kier alpha value is -0.940. The molecule has 0 aliphatic carbocycles. The lowest BCUT2D eigenvalue weighted by Crippen LogP contribution is -1.98. The average Bonchev–Trinajstić information content (AvgIpc) is 2.84. The summed E-state index contributed by atoms with van der Waals surface area (Å²) < 4.78 is 16.9. The molecule has 2 aromatic rings. The van der Waals surface area contributed by atoms with Crippen LogP contribution in [0.15, 0.2) is 33.4 Å². The van der Waals surface area contributed by atoms with Gasteiger partial charge < -0.3 is 13.9 Å². The molecule has 2 rings (SSSR count). The maximum Gasteiger partial charge on any atom is 0.169 e. The van der Waals surface area contributed by atoms with Gasteiger partial charge in [0, 0.05) is 0 Å².